The molecule has 0 unspecified atom stereocenters. The van der Waals surface area contributed by atoms with Gasteiger partial charge < -0.3 is 41.5 Å². The minimum absolute atomic E-state index is 0. The number of rotatable bonds is 62. The first-order valence-corrected chi connectivity index (χ1v) is 38.5. The highest BCUT2D eigenvalue weighted by atomic mass is 35.5. The van der Waals surface area contributed by atoms with Gasteiger partial charge in [-0.3, -0.25) is 0 Å². The van der Waals surface area contributed by atoms with Crippen LogP contribution in [0.2, 0.25) is 0 Å². The van der Waals surface area contributed by atoms with Crippen LogP contribution >= 0.6 is 7.60 Å². The van der Waals surface area contributed by atoms with E-state index in [1.54, 1.807) is 14.7 Å². The van der Waals surface area contributed by atoms with Gasteiger partial charge in [-0.15, -0.1) is 0 Å². The van der Waals surface area contributed by atoms with E-state index in [9.17, 15) is 14.4 Å². The quantitative estimate of drug-likeness (QED) is 0.0420. The summed E-state index contributed by atoms with van der Waals surface area (Å²) in [6, 6.07) is 0. The van der Waals surface area contributed by atoms with Gasteiger partial charge in [-0.25, -0.2) is 0 Å². The van der Waals surface area contributed by atoms with E-state index in [4.69, 9.17) is 0 Å². The molecule has 0 aliphatic rings. The summed E-state index contributed by atoms with van der Waals surface area (Å²) in [4.78, 5) is 25.5. The highest BCUT2D eigenvalue weighted by Gasteiger charge is 2.00. The largest absolute Gasteiger partial charge is 1.00 e. The fraction of sp³-hybridized carbons (Fsp3) is 1.00. The Hall–Kier alpha value is 0.320. The van der Waals surface area contributed by atoms with E-state index < -0.39 is 7.60 Å². The Bertz CT molecular complexity index is 966. The Labute approximate surface area is 514 Å². The molecule has 3 N–H and O–H groups in total. The third-order valence-corrected chi connectivity index (χ3v) is 17.2. The van der Waals surface area contributed by atoms with Crippen LogP contribution in [0.15, 0.2) is 0 Å². The number of unbranched alkanes of at least 4 members (excludes halogenated alkanes) is 54. The molecule has 80 heavy (non-hydrogen) atoms. The monoisotopic (exact) mass is 1180 g/mol. The molecule has 0 radical (unpaired) electrons. The Morgan fingerprint density at radius 1 is 0.212 bits per heavy atom. The third-order valence-electron chi connectivity index (χ3n) is 16.4. The topological polar surface area (TPSA) is 76.5 Å². The molecule has 0 atom stereocenters. The first kappa shape index (κ1) is 89.1. The van der Waals surface area contributed by atoms with Gasteiger partial charge in [-0.2, -0.15) is 0 Å². The molecule has 0 aliphatic carbocycles. The fourth-order valence-corrected chi connectivity index (χ4v) is 11.5. The number of halogens is 1. The van der Waals surface area contributed by atoms with Crippen LogP contribution in [0, 0.1) is 0 Å². The van der Waals surface area contributed by atoms with Gasteiger partial charge in [0.25, 0.3) is 0 Å². The van der Waals surface area contributed by atoms with Crippen molar-refractivity contribution in [1.82, 2.24) is 0 Å². The molecular weight excluding hydrogens is 1020 g/mol. The van der Waals surface area contributed by atoms with Crippen LogP contribution in [0.1, 0.15) is 400 Å². The Morgan fingerprint density at radius 3 is 0.438 bits per heavy atom. The van der Waals surface area contributed by atoms with Crippen molar-refractivity contribution in [3.8, 4) is 0 Å². The molecule has 0 spiro atoms. The lowest BCUT2D eigenvalue weighted by Gasteiger charge is -2.29. The second-order valence-electron chi connectivity index (χ2n) is 26.3. The van der Waals surface area contributed by atoms with E-state index in [-0.39, 0.29) is 18.6 Å². The van der Waals surface area contributed by atoms with Gasteiger partial charge in [0.15, 0.2) is 0 Å². The Balaban J connectivity index is -0.000000313. The van der Waals surface area contributed by atoms with Gasteiger partial charge >= 0.3 is 0 Å². The summed E-state index contributed by atoms with van der Waals surface area (Å²) in [5.74, 6) is 0. The maximum Gasteiger partial charge on any atom is 0.0766 e. The summed E-state index contributed by atoms with van der Waals surface area (Å²) in [7, 11) is 9.29. The van der Waals surface area contributed by atoms with Crippen LogP contribution in [-0.2, 0) is 4.57 Å². The van der Waals surface area contributed by atoms with Gasteiger partial charge in [-0.1, -0.05) is 363 Å². The average Bonchev–Trinajstić information content (AvgIpc) is 3.41. The van der Waals surface area contributed by atoms with Gasteiger partial charge in [0.2, 0.25) is 0 Å². The summed E-state index contributed by atoms with van der Waals surface area (Å²) in [5.41, 5.74) is 0. The summed E-state index contributed by atoms with van der Waals surface area (Å²) in [6.07, 6.45) is 81.6. The van der Waals surface area contributed by atoms with E-state index in [0.29, 0.717) is 6.42 Å². The Kier molecular flexibility index (Phi) is 90.6. The van der Waals surface area contributed by atoms with E-state index in [1.807, 2.05) is 0 Å². The molecule has 0 rings (SSSR count). The van der Waals surface area contributed by atoms with Crippen molar-refractivity contribution in [2.45, 2.75) is 400 Å². The summed E-state index contributed by atoms with van der Waals surface area (Å²) >= 11 is 0. The minimum Gasteiger partial charge on any atom is -1.00 e. The summed E-state index contributed by atoms with van der Waals surface area (Å²) in [5, 5.41) is 0. The predicted molar refractivity (Wildman–Crippen MR) is 356 cm³/mol. The smallest absolute Gasteiger partial charge is 0.0766 e. The second-order valence-corrected chi connectivity index (χ2v) is 28.0. The standard InChI is InChI=1S/3C20H43N.C12H27O3P.ClH/c3*1-4-5-6-7-8-9-10-11-12-13-14-15-16-17-18-19-20-21(2)3;1-2-3-4-5-6-7-8-9-10-11-12-16(13,14)15;/h3*4-20H2,1-3H3;2-12H2,1H3,(H2,13,14,15);1H. The van der Waals surface area contributed by atoms with Gasteiger partial charge in [0.1, 0.15) is 0 Å². The van der Waals surface area contributed by atoms with Crippen molar-refractivity contribution in [2.75, 3.05) is 68.1 Å². The first-order chi connectivity index (χ1) is 38.4. The van der Waals surface area contributed by atoms with Gasteiger partial charge in [0, 0.05) is 0 Å². The summed E-state index contributed by atoms with van der Waals surface area (Å²) < 4.78 is 10.3. The van der Waals surface area contributed by atoms with E-state index in [0.717, 1.165) is 12.8 Å². The van der Waals surface area contributed by atoms with E-state index in [2.05, 4.69) is 70.0 Å². The molecule has 0 aromatic rings. The maximum absolute atomic E-state index is 10.3. The number of hydrogen-bond donors (Lipinski definition) is 3. The molecule has 0 fully saturated rings. The van der Waals surface area contributed by atoms with Crippen LogP contribution in [0.5, 0.6) is 0 Å². The van der Waals surface area contributed by atoms with Gasteiger partial charge in [0.05, 0.1) is 61.9 Å². The van der Waals surface area contributed by atoms with Crippen LogP contribution in [0.3, 0.4) is 0 Å². The molecule has 0 heterocycles. The highest BCUT2D eigenvalue weighted by molar-refractivity contribution is 7.48. The Morgan fingerprint density at radius 2 is 0.325 bits per heavy atom. The maximum atomic E-state index is 10.3. The molecule has 0 aliphatic heterocycles. The molecule has 0 saturated heterocycles. The molecule has 6 nitrogen and oxygen atoms in total. The minimum atomic E-state index is -4.24. The molecule has 0 amide bonds. The molecular formula is C72H157ClN3O3P. The van der Waals surface area contributed by atoms with Crippen molar-refractivity contribution in [1.29, 1.82) is 0 Å². The third kappa shape index (κ3) is 103. The lowest BCUT2D eigenvalue weighted by Crippen LogP contribution is -3.05. The second kappa shape index (κ2) is 81.4. The number of nitrogens with one attached hydrogen (secondary N) is 3. The van der Waals surface area contributed by atoms with Crippen molar-refractivity contribution < 1.29 is 41.5 Å². The molecule has 490 valence electrons. The fourth-order valence-electron chi connectivity index (χ4n) is 10.9. The van der Waals surface area contributed by atoms with Crippen LogP contribution < -0.4 is 36.9 Å². The van der Waals surface area contributed by atoms with Gasteiger partial charge in [-0.05, 0) is 51.1 Å². The first-order valence-electron chi connectivity index (χ1n) is 36.8. The predicted octanol–water partition coefficient (Wildman–Crippen LogP) is 16.0. The lowest BCUT2D eigenvalue weighted by atomic mass is 10.0. The zero-order valence-electron chi connectivity index (χ0n) is 57.4. The van der Waals surface area contributed by atoms with Crippen LogP contribution in [-0.4, -0.2) is 68.1 Å². The molecule has 8 heteroatoms. The summed E-state index contributed by atoms with van der Waals surface area (Å²) in [6.45, 7) is 13.1. The van der Waals surface area contributed by atoms with Crippen molar-refractivity contribution >= 4 is 7.60 Å². The molecule has 0 bridgehead atoms. The van der Waals surface area contributed by atoms with Crippen molar-refractivity contribution in [2.24, 2.45) is 0 Å². The molecule has 0 aromatic carbocycles. The zero-order valence-corrected chi connectivity index (χ0v) is 59.0. The van der Waals surface area contributed by atoms with E-state index >= 15 is 0 Å². The number of quaternary nitrogens is 3. The number of hydrogen-bond acceptors (Lipinski definition) is 3. The van der Waals surface area contributed by atoms with Crippen molar-refractivity contribution in [3.05, 3.63) is 0 Å². The lowest BCUT2D eigenvalue weighted by molar-refractivity contribution is -0.858. The SMILES string of the molecule is CCCCCCCCCCCCCCCCCC[NH+](C)C.CCCCCCCCCCCCCCCCCC[NH+](C)C.CCCCCCCCCCCCCCCCCC[NH+](C)C.CCCCCCCCCCCCP(=O)([O-])[O-].[Cl-]. The average molecular weight is 1180 g/mol. The normalized spacial score (nSPS) is 11.4. The van der Waals surface area contributed by atoms with Crippen LogP contribution in [0.25, 0.3) is 0 Å². The van der Waals surface area contributed by atoms with Crippen LogP contribution in [0.4, 0.5) is 0 Å². The molecule has 0 saturated carbocycles. The van der Waals surface area contributed by atoms with E-state index in [1.165, 1.54) is 373 Å². The van der Waals surface area contributed by atoms with Crippen molar-refractivity contribution in [3.63, 3.8) is 0 Å². The molecule has 0 aromatic heterocycles. The zero-order chi connectivity index (χ0) is 59.1. The highest BCUT2D eigenvalue weighted by Crippen LogP contribution is 2.25.